The fourth-order valence-electron chi connectivity index (χ4n) is 1.46. The molecule has 2 aromatic rings. The highest BCUT2D eigenvalue weighted by molar-refractivity contribution is 7.98. The van der Waals surface area contributed by atoms with Crippen LogP contribution in [0.5, 0.6) is 0 Å². The van der Waals surface area contributed by atoms with Crippen LogP contribution in [0.1, 0.15) is 10.5 Å². The molecular formula is C11H10N2O4S3. The SMILES string of the molecule is CSc1cccc(NS(=O)(=O)c2scnc2C(=O)O)c1. The van der Waals surface area contributed by atoms with E-state index < -0.39 is 21.7 Å². The van der Waals surface area contributed by atoms with Gasteiger partial charge in [-0.3, -0.25) is 4.72 Å². The molecule has 0 aliphatic rings. The highest BCUT2D eigenvalue weighted by atomic mass is 32.2. The van der Waals surface area contributed by atoms with Crippen molar-refractivity contribution in [3.05, 3.63) is 35.5 Å². The van der Waals surface area contributed by atoms with Crippen LogP contribution in [0.25, 0.3) is 0 Å². The Hall–Kier alpha value is -1.58. The third-order valence-corrected chi connectivity index (χ3v) is 5.78. The Morgan fingerprint density at radius 2 is 2.20 bits per heavy atom. The standard InChI is InChI=1S/C11H10N2O4S3/c1-18-8-4-2-3-7(5-8)13-20(16,17)11-9(10(14)15)12-6-19-11/h2-6,13H,1H3,(H,14,15). The fourth-order valence-corrected chi connectivity index (χ4v) is 4.11. The zero-order valence-corrected chi connectivity index (χ0v) is 12.7. The monoisotopic (exact) mass is 330 g/mol. The molecule has 1 aromatic carbocycles. The minimum Gasteiger partial charge on any atom is -0.476 e. The van der Waals surface area contributed by atoms with Gasteiger partial charge in [-0.2, -0.15) is 0 Å². The van der Waals surface area contributed by atoms with Crippen molar-refractivity contribution in [1.29, 1.82) is 0 Å². The molecule has 0 radical (unpaired) electrons. The normalized spacial score (nSPS) is 11.2. The van der Waals surface area contributed by atoms with Crippen LogP contribution in [0.15, 0.2) is 38.9 Å². The van der Waals surface area contributed by atoms with Gasteiger partial charge in [0.15, 0.2) is 9.90 Å². The molecule has 0 aliphatic carbocycles. The van der Waals surface area contributed by atoms with Crippen molar-refractivity contribution in [1.82, 2.24) is 4.98 Å². The number of aromatic nitrogens is 1. The first kappa shape index (κ1) is 14.8. The van der Waals surface area contributed by atoms with Gasteiger partial charge in [0.05, 0.1) is 5.51 Å². The van der Waals surface area contributed by atoms with Crippen LogP contribution in [0.4, 0.5) is 5.69 Å². The Balaban J connectivity index is 2.35. The molecule has 0 bridgehead atoms. The lowest BCUT2D eigenvalue weighted by molar-refractivity contribution is 0.0687. The van der Waals surface area contributed by atoms with E-state index in [1.807, 2.05) is 12.3 Å². The molecule has 9 heteroatoms. The first-order chi connectivity index (χ1) is 9.44. The number of sulfonamides is 1. The Kier molecular flexibility index (Phi) is 4.31. The molecule has 0 spiro atoms. The topological polar surface area (TPSA) is 96.4 Å². The number of thiazole rings is 1. The zero-order valence-electron chi connectivity index (χ0n) is 10.2. The molecule has 2 N–H and O–H groups in total. The zero-order chi connectivity index (χ0) is 14.8. The van der Waals surface area contributed by atoms with Crippen LogP contribution in [0, 0.1) is 0 Å². The minimum absolute atomic E-state index is 0.306. The molecular weight excluding hydrogens is 320 g/mol. The summed E-state index contributed by atoms with van der Waals surface area (Å²) in [5.41, 5.74) is 1.10. The van der Waals surface area contributed by atoms with E-state index in [1.165, 1.54) is 17.3 Å². The van der Waals surface area contributed by atoms with Gasteiger partial charge in [0.25, 0.3) is 10.0 Å². The van der Waals surface area contributed by atoms with Crippen molar-refractivity contribution in [3.63, 3.8) is 0 Å². The molecule has 1 heterocycles. The van der Waals surface area contributed by atoms with E-state index >= 15 is 0 Å². The van der Waals surface area contributed by atoms with Gasteiger partial charge in [-0.1, -0.05) is 6.07 Å². The smallest absolute Gasteiger partial charge is 0.356 e. The molecule has 0 fully saturated rings. The summed E-state index contributed by atoms with van der Waals surface area (Å²) < 4.78 is 26.4. The van der Waals surface area contributed by atoms with E-state index in [9.17, 15) is 13.2 Å². The van der Waals surface area contributed by atoms with Gasteiger partial charge >= 0.3 is 5.97 Å². The Labute approximate surface area is 123 Å². The number of benzene rings is 1. The van der Waals surface area contributed by atoms with Gasteiger partial charge in [0, 0.05) is 10.6 Å². The van der Waals surface area contributed by atoms with E-state index in [0.717, 1.165) is 16.2 Å². The van der Waals surface area contributed by atoms with Gasteiger partial charge < -0.3 is 5.11 Å². The number of carbonyl (C=O) groups is 1. The van der Waals surface area contributed by atoms with Crippen molar-refractivity contribution in [2.45, 2.75) is 9.10 Å². The molecule has 0 saturated carbocycles. The van der Waals surface area contributed by atoms with Crippen molar-refractivity contribution in [2.24, 2.45) is 0 Å². The lowest BCUT2D eigenvalue weighted by Crippen LogP contribution is -2.15. The number of rotatable bonds is 5. The lowest BCUT2D eigenvalue weighted by Gasteiger charge is -2.07. The third kappa shape index (κ3) is 3.11. The second-order valence-electron chi connectivity index (χ2n) is 3.63. The Morgan fingerprint density at radius 3 is 2.85 bits per heavy atom. The van der Waals surface area contributed by atoms with Crippen LogP contribution in [-0.2, 0) is 10.0 Å². The first-order valence-corrected chi connectivity index (χ1v) is 8.86. The van der Waals surface area contributed by atoms with E-state index in [1.54, 1.807) is 18.2 Å². The number of nitrogens with one attached hydrogen (secondary N) is 1. The molecule has 0 amide bonds. The molecule has 6 nitrogen and oxygen atoms in total. The number of hydrogen-bond acceptors (Lipinski definition) is 6. The van der Waals surface area contributed by atoms with Gasteiger partial charge in [-0.05, 0) is 24.5 Å². The van der Waals surface area contributed by atoms with Crippen LogP contribution < -0.4 is 4.72 Å². The molecule has 2 rings (SSSR count). The number of carboxylic acid groups (broad SMARTS) is 1. The predicted molar refractivity (Wildman–Crippen MR) is 78.1 cm³/mol. The summed E-state index contributed by atoms with van der Waals surface area (Å²) in [6, 6.07) is 6.83. The predicted octanol–water partition coefficient (Wildman–Crippen LogP) is 2.36. The quantitative estimate of drug-likeness (QED) is 0.817. The summed E-state index contributed by atoms with van der Waals surface area (Å²) in [4.78, 5) is 15.4. The first-order valence-electron chi connectivity index (χ1n) is 5.27. The third-order valence-electron chi connectivity index (χ3n) is 2.30. The maximum atomic E-state index is 12.2. The molecule has 1 aromatic heterocycles. The van der Waals surface area contributed by atoms with Gasteiger partial charge in [-0.15, -0.1) is 23.1 Å². The van der Waals surface area contributed by atoms with Gasteiger partial charge in [-0.25, -0.2) is 18.2 Å². The Bertz CT molecular complexity index is 740. The molecule has 0 aliphatic heterocycles. The summed E-state index contributed by atoms with van der Waals surface area (Å²) in [5, 5.41) is 8.91. The highest BCUT2D eigenvalue weighted by Crippen LogP contribution is 2.25. The number of nitrogens with zero attached hydrogens (tertiary/aromatic N) is 1. The number of hydrogen-bond donors (Lipinski definition) is 2. The maximum absolute atomic E-state index is 12.2. The van der Waals surface area contributed by atoms with Crippen molar-refractivity contribution in [3.8, 4) is 0 Å². The molecule has 0 unspecified atom stereocenters. The molecule has 0 saturated heterocycles. The summed E-state index contributed by atoms with van der Waals surface area (Å²) >= 11 is 2.24. The summed E-state index contributed by atoms with van der Waals surface area (Å²) in [5.74, 6) is -1.37. The Morgan fingerprint density at radius 1 is 1.45 bits per heavy atom. The van der Waals surface area contributed by atoms with E-state index in [4.69, 9.17) is 5.11 Å². The van der Waals surface area contributed by atoms with Gasteiger partial charge in [0.1, 0.15) is 0 Å². The largest absolute Gasteiger partial charge is 0.476 e. The number of carboxylic acids is 1. The van der Waals surface area contributed by atoms with Crippen molar-refractivity contribution >= 4 is 44.8 Å². The second-order valence-corrected chi connectivity index (χ2v) is 7.24. The molecule has 0 atom stereocenters. The average molecular weight is 330 g/mol. The van der Waals surface area contributed by atoms with Crippen LogP contribution in [-0.4, -0.2) is 30.7 Å². The maximum Gasteiger partial charge on any atom is 0.356 e. The molecule has 20 heavy (non-hydrogen) atoms. The lowest BCUT2D eigenvalue weighted by atomic mass is 10.3. The van der Waals surface area contributed by atoms with E-state index in [0.29, 0.717) is 5.69 Å². The number of anilines is 1. The summed E-state index contributed by atoms with van der Waals surface area (Å²) in [6.45, 7) is 0. The van der Waals surface area contributed by atoms with Crippen LogP contribution in [0.3, 0.4) is 0 Å². The minimum atomic E-state index is -3.95. The summed E-state index contributed by atoms with van der Waals surface area (Å²) in [7, 11) is -3.95. The highest BCUT2D eigenvalue weighted by Gasteiger charge is 2.25. The van der Waals surface area contributed by atoms with Crippen LogP contribution in [0.2, 0.25) is 0 Å². The average Bonchev–Trinajstić information content (AvgIpc) is 2.88. The summed E-state index contributed by atoms with van der Waals surface area (Å²) in [6.07, 6.45) is 1.87. The second kappa shape index (κ2) is 5.81. The fraction of sp³-hybridized carbons (Fsp3) is 0.0909. The number of aromatic carboxylic acids is 1. The van der Waals surface area contributed by atoms with Crippen molar-refractivity contribution in [2.75, 3.05) is 11.0 Å². The van der Waals surface area contributed by atoms with E-state index in [2.05, 4.69) is 9.71 Å². The van der Waals surface area contributed by atoms with Crippen LogP contribution >= 0.6 is 23.1 Å². The van der Waals surface area contributed by atoms with E-state index in [-0.39, 0.29) is 4.21 Å². The number of thioether (sulfide) groups is 1. The van der Waals surface area contributed by atoms with Gasteiger partial charge in [0.2, 0.25) is 0 Å². The van der Waals surface area contributed by atoms with Crippen molar-refractivity contribution < 1.29 is 18.3 Å². The molecule has 106 valence electrons.